The summed E-state index contributed by atoms with van der Waals surface area (Å²) in [5.74, 6) is 1.26. The molecular formula is C38H56N4O10S. The van der Waals surface area contributed by atoms with E-state index in [4.69, 9.17) is 34.8 Å². The van der Waals surface area contributed by atoms with Crippen molar-refractivity contribution in [2.45, 2.75) is 65.3 Å². The van der Waals surface area contributed by atoms with Gasteiger partial charge >= 0.3 is 0 Å². The second-order valence-corrected chi connectivity index (χ2v) is 14.4. The minimum atomic E-state index is -0.912. The molecule has 3 amide bonds. The topological polar surface area (TPSA) is 167 Å². The summed E-state index contributed by atoms with van der Waals surface area (Å²) in [6.07, 6.45) is 4.40. The number of terminal acetylenes is 1. The predicted octanol–water partition coefficient (Wildman–Crippen LogP) is 2.35. The van der Waals surface area contributed by atoms with E-state index in [2.05, 4.69) is 21.5 Å². The fourth-order valence-corrected chi connectivity index (χ4v) is 6.22. The molecule has 1 fully saturated rings. The third-order valence-electron chi connectivity index (χ3n) is 8.23. The van der Waals surface area contributed by atoms with Crippen LogP contribution in [0.4, 0.5) is 0 Å². The van der Waals surface area contributed by atoms with Crippen LogP contribution in [0.2, 0.25) is 0 Å². The third kappa shape index (κ3) is 16.2. The first kappa shape index (κ1) is 43.9. The smallest absolute Gasteiger partial charge is 0.246 e. The summed E-state index contributed by atoms with van der Waals surface area (Å²) in [6.45, 7) is 12.4. The maximum Gasteiger partial charge on any atom is 0.246 e. The summed E-state index contributed by atoms with van der Waals surface area (Å²) >= 11 is 1.58. The molecule has 15 heteroatoms. The van der Waals surface area contributed by atoms with Crippen molar-refractivity contribution in [3.8, 4) is 22.8 Å². The van der Waals surface area contributed by atoms with Gasteiger partial charge in [0, 0.05) is 25.9 Å². The number of amides is 3. The van der Waals surface area contributed by atoms with E-state index in [0.717, 1.165) is 21.7 Å². The van der Waals surface area contributed by atoms with Gasteiger partial charge in [-0.3, -0.25) is 14.4 Å². The minimum absolute atomic E-state index is 0.00514. The molecule has 3 rings (SSSR count). The Morgan fingerprint density at radius 3 is 1.98 bits per heavy atom. The molecule has 2 heterocycles. The molecule has 1 aliphatic heterocycles. The minimum Gasteiger partial charge on any atom is -0.391 e. The van der Waals surface area contributed by atoms with Crippen LogP contribution in [-0.2, 0) is 49.3 Å². The van der Waals surface area contributed by atoms with E-state index in [1.165, 1.54) is 4.90 Å². The lowest BCUT2D eigenvalue weighted by Gasteiger charge is -2.35. The largest absolute Gasteiger partial charge is 0.391 e. The molecule has 1 aromatic heterocycles. The van der Waals surface area contributed by atoms with Crippen LogP contribution in [0, 0.1) is 24.7 Å². The molecule has 1 aliphatic rings. The number of aliphatic hydroxyl groups is 1. The molecule has 2 aromatic rings. The van der Waals surface area contributed by atoms with Gasteiger partial charge in [0.25, 0.3) is 0 Å². The average Bonchev–Trinajstić information content (AvgIpc) is 3.75. The van der Waals surface area contributed by atoms with Crippen molar-refractivity contribution >= 4 is 29.1 Å². The number of β-amino-alcohol motifs (C(OH)–C–C–N with tert-alkyl or cyclic N) is 1. The fraction of sp³-hybridized carbons (Fsp3) is 0.632. The van der Waals surface area contributed by atoms with E-state index in [9.17, 15) is 19.5 Å². The summed E-state index contributed by atoms with van der Waals surface area (Å²) in [5, 5.41) is 16.2. The SMILES string of the molecule is C#CCOCCOCCOCCOCCOCCOCCC(=O)N[C@H](C(=O)N1C[C@H](O)C[C@H]1C(=O)NCc1ccc(-c2scnc2C)cc1)C(C)(C)C. The van der Waals surface area contributed by atoms with Gasteiger partial charge in [-0.15, -0.1) is 17.8 Å². The van der Waals surface area contributed by atoms with Gasteiger partial charge in [-0.25, -0.2) is 4.98 Å². The van der Waals surface area contributed by atoms with E-state index >= 15 is 0 Å². The monoisotopic (exact) mass is 760 g/mol. The van der Waals surface area contributed by atoms with Gasteiger partial charge in [-0.05, 0) is 23.5 Å². The molecule has 0 unspecified atom stereocenters. The highest BCUT2D eigenvalue weighted by atomic mass is 32.1. The van der Waals surface area contributed by atoms with E-state index in [1.54, 1.807) is 11.3 Å². The number of nitrogens with one attached hydrogen (secondary N) is 2. The number of carbonyl (C=O) groups excluding carboxylic acids is 3. The quantitative estimate of drug-likeness (QED) is 0.101. The number of likely N-dealkylation sites (tertiary alicyclic amines) is 1. The summed E-state index contributed by atoms with van der Waals surface area (Å²) in [4.78, 5) is 46.8. The summed E-state index contributed by atoms with van der Waals surface area (Å²) < 4.78 is 32.4. The molecule has 53 heavy (non-hydrogen) atoms. The van der Waals surface area contributed by atoms with Crippen LogP contribution in [-0.4, -0.2) is 137 Å². The highest BCUT2D eigenvalue weighted by molar-refractivity contribution is 7.13. The molecule has 1 saturated heterocycles. The fourth-order valence-electron chi connectivity index (χ4n) is 5.41. The standard InChI is InChI=1S/C38H56N4O10S/c1-6-12-47-14-16-49-18-20-51-22-23-52-21-19-50-17-15-48-13-11-33(44)41-35(38(3,4)5)37(46)42-26-31(43)24-32(42)36(45)39-25-29-7-9-30(10-8-29)34-28(2)40-27-53-34/h1,7-10,27,31-32,35,43H,11-26H2,2-5H3,(H,39,45)(H,41,44)/t31-,32+,35-/m1/s1. The highest BCUT2D eigenvalue weighted by Crippen LogP contribution is 2.28. The van der Waals surface area contributed by atoms with Gasteiger partial charge in [0.1, 0.15) is 18.7 Å². The number of hydrogen-bond acceptors (Lipinski definition) is 12. The number of aliphatic hydroxyl groups excluding tert-OH is 1. The van der Waals surface area contributed by atoms with Crippen LogP contribution < -0.4 is 10.6 Å². The molecule has 0 radical (unpaired) electrons. The number of hydrogen-bond donors (Lipinski definition) is 3. The van der Waals surface area contributed by atoms with Crippen molar-refractivity contribution in [3.63, 3.8) is 0 Å². The lowest BCUT2D eigenvalue weighted by Crippen LogP contribution is -2.57. The first-order valence-electron chi connectivity index (χ1n) is 18.0. The Bertz CT molecular complexity index is 1430. The second-order valence-electron chi connectivity index (χ2n) is 13.5. The average molecular weight is 761 g/mol. The number of aromatic nitrogens is 1. The Morgan fingerprint density at radius 2 is 1.47 bits per heavy atom. The van der Waals surface area contributed by atoms with Crippen molar-refractivity contribution in [1.29, 1.82) is 0 Å². The highest BCUT2D eigenvalue weighted by Gasteiger charge is 2.44. The van der Waals surface area contributed by atoms with Crippen molar-refractivity contribution in [2.75, 3.05) is 85.8 Å². The van der Waals surface area contributed by atoms with Gasteiger partial charge in [0.2, 0.25) is 17.7 Å². The molecule has 0 saturated carbocycles. The maximum absolute atomic E-state index is 13.8. The Kier molecular flexibility index (Phi) is 19.9. The van der Waals surface area contributed by atoms with Crippen LogP contribution in [0.1, 0.15) is 44.9 Å². The zero-order valence-corrected chi connectivity index (χ0v) is 32.3. The summed E-state index contributed by atoms with van der Waals surface area (Å²) in [5.41, 5.74) is 4.08. The third-order valence-corrected chi connectivity index (χ3v) is 9.21. The van der Waals surface area contributed by atoms with Gasteiger partial charge in [0.15, 0.2) is 0 Å². The number of aryl methyl sites for hydroxylation is 1. The molecule has 3 N–H and O–H groups in total. The number of carbonyl (C=O) groups is 3. The Balaban J connectivity index is 1.30. The summed E-state index contributed by atoms with van der Waals surface area (Å²) in [7, 11) is 0. The Morgan fingerprint density at radius 1 is 0.925 bits per heavy atom. The van der Waals surface area contributed by atoms with Crippen molar-refractivity contribution in [1.82, 2.24) is 20.5 Å². The number of benzene rings is 1. The van der Waals surface area contributed by atoms with Crippen molar-refractivity contribution in [2.24, 2.45) is 5.41 Å². The van der Waals surface area contributed by atoms with E-state index in [0.29, 0.717) is 66.1 Å². The molecule has 3 atom stereocenters. The van der Waals surface area contributed by atoms with E-state index in [-0.39, 0.29) is 51.0 Å². The van der Waals surface area contributed by atoms with Crippen LogP contribution in [0.3, 0.4) is 0 Å². The van der Waals surface area contributed by atoms with Gasteiger partial charge in [-0.2, -0.15) is 0 Å². The maximum atomic E-state index is 13.8. The lowest BCUT2D eigenvalue weighted by atomic mass is 9.85. The first-order valence-corrected chi connectivity index (χ1v) is 18.8. The van der Waals surface area contributed by atoms with Crippen molar-refractivity contribution < 1.29 is 47.9 Å². The van der Waals surface area contributed by atoms with Crippen LogP contribution in [0.25, 0.3) is 10.4 Å². The molecule has 0 aliphatic carbocycles. The number of rotatable bonds is 25. The van der Waals surface area contributed by atoms with Crippen molar-refractivity contribution in [3.05, 3.63) is 41.0 Å². The van der Waals surface area contributed by atoms with E-state index < -0.39 is 29.5 Å². The van der Waals surface area contributed by atoms with E-state index in [1.807, 2.05) is 57.5 Å². The van der Waals surface area contributed by atoms with Gasteiger partial charge in [0.05, 0.1) is 94.9 Å². The summed E-state index contributed by atoms with van der Waals surface area (Å²) in [6, 6.07) is 6.10. The Labute approximate surface area is 317 Å². The van der Waals surface area contributed by atoms with Gasteiger partial charge in [-0.1, -0.05) is 51.0 Å². The zero-order chi connectivity index (χ0) is 38.5. The van der Waals surface area contributed by atoms with Crippen LogP contribution in [0.5, 0.6) is 0 Å². The second kappa shape index (κ2) is 24.0. The molecule has 0 spiro atoms. The van der Waals surface area contributed by atoms with Crippen LogP contribution >= 0.6 is 11.3 Å². The van der Waals surface area contributed by atoms with Crippen LogP contribution in [0.15, 0.2) is 29.8 Å². The zero-order valence-electron chi connectivity index (χ0n) is 31.4. The lowest BCUT2D eigenvalue weighted by molar-refractivity contribution is -0.144. The van der Waals surface area contributed by atoms with Gasteiger partial charge < -0.3 is 49.1 Å². The molecule has 0 bridgehead atoms. The first-order chi connectivity index (χ1) is 25.5. The molecule has 14 nitrogen and oxygen atoms in total. The molecule has 1 aromatic carbocycles. The molecular weight excluding hydrogens is 705 g/mol. The predicted molar refractivity (Wildman–Crippen MR) is 200 cm³/mol. The normalized spacial score (nSPS) is 16.3. The Hall–Kier alpha value is -3.46. The number of ether oxygens (including phenoxy) is 6. The number of nitrogens with zero attached hydrogens (tertiary/aromatic N) is 2. The number of thiazole rings is 1. The molecule has 294 valence electrons.